The van der Waals surface area contributed by atoms with Crippen LogP contribution in [-0.4, -0.2) is 12.5 Å². The second-order valence-electron chi connectivity index (χ2n) is 5.86. The molecule has 1 N–H and O–H groups in total. The number of carbonyl (C=O) groups is 1. The SMILES string of the molecule is CC(C)CCCCCCNC(=O)C(C#N)c1ccccc1. The molecule has 1 aromatic carbocycles. The zero-order valence-electron chi connectivity index (χ0n) is 13.1. The summed E-state index contributed by atoms with van der Waals surface area (Å²) in [7, 11) is 0. The summed E-state index contributed by atoms with van der Waals surface area (Å²) in [5.41, 5.74) is 0.759. The first-order chi connectivity index (χ1) is 10.1. The van der Waals surface area contributed by atoms with Crippen LogP contribution in [0.3, 0.4) is 0 Å². The van der Waals surface area contributed by atoms with Crippen molar-refractivity contribution in [2.75, 3.05) is 6.54 Å². The van der Waals surface area contributed by atoms with Crippen LogP contribution in [0.15, 0.2) is 30.3 Å². The first-order valence-electron chi connectivity index (χ1n) is 7.87. The van der Waals surface area contributed by atoms with Crippen molar-refractivity contribution in [3.63, 3.8) is 0 Å². The Balaban J connectivity index is 2.22. The van der Waals surface area contributed by atoms with Crippen molar-refractivity contribution in [3.05, 3.63) is 35.9 Å². The van der Waals surface area contributed by atoms with E-state index in [1.807, 2.05) is 30.3 Å². The van der Waals surface area contributed by atoms with Crippen LogP contribution >= 0.6 is 0 Å². The van der Waals surface area contributed by atoms with E-state index < -0.39 is 5.92 Å². The number of rotatable bonds is 9. The minimum atomic E-state index is -0.702. The molecule has 1 atom stereocenters. The number of nitrogens with one attached hydrogen (secondary N) is 1. The van der Waals surface area contributed by atoms with E-state index in [0.29, 0.717) is 6.54 Å². The summed E-state index contributed by atoms with van der Waals surface area (Å²) in [5, 5.41) is 12.0. The van der Waals surface area contributed by atoms with E-state index in [1.54, 1.807) is 0 Å². The number of benzene rings is 1. The van der Waals surface area contributed by atoms with Crippen molar-refractivity contribution in [2.45, 2.75) is 51.9 Å². The monoisotopic (exact) mass is 286 g/mol. The van der Waals surface area contributed by atoms with Crippen LogP contribution < -0.4 is 5.32 Å². The average Bonchev–Trinajstić information content (AvgIpc) is 2.48. The lowest BCUT2D eigenvalue weighted by molar-refractivity contribution is -0.121. The molecule has 0 radical (unpaired) electrons. The average molecular weight is 286 g/mol. The highest BCUT2D eigenvalue weighted by atomic mass is 16.1. The molecule has 0 spiro atoms. The molecule has 3 nitrogen and oxygen atoms in total. The topological polar surface area (TPSA) is 52.9 Å². The summed E-state index contributed by atoms with van der Waals surface area (Å²) in [6, 6.07) is 11.3. The maximum absolute atomic E-state index is 12.0. The highest BCUT2D eigenvalue weighted by molar-refractivity contribution is 5.86. The molecule has 1 amide bonds. The Labute approximate surface area is 128 Å². The fourth-order valence-corrected chi connectivity index (χ4v) is 2.27. The van der Waals surface area contributed by atoms with Gasteiger partial charge in [-0.2, -0.15) is 5.26 Å². The number of carbonyl (C=O) groups excluding carboxylic acids is 1. The van der Waals surface area contributed by atoms with E-state index in [0.717, 1.165) is 24.3 Å². The van der Waals surface area contributed by atoms with E-state index in [1.165, 1.54) is 19.3 Å². The number of nitrogens with zero attached hydrogens (tertiary/aromatic N) is 1. The second kappa shape index (κ2) is 9.99. The van der Waals surface area contributed by atoms with Crippen LogP contribution in [0.1, 0.15) is 57.4 Å². The first kappa shape index (κ1) is 17.2. The maximum Gasteiger partial charge on any atom is 0.241 e. The van der Waals surface area contributed by atoms with E-state index in [9.17, 15) is 4.79 Å². The fraction of sp³-hybridized carbons (Fsp3) is 0.556. The van der Waals surface area contributed by atoms with Gasteiger partial charge >= 0.3 is 0 Å². The molecule has 1 unspecified atom stereocenters. The molecule has 0 fully saturated rings. The van der Waals surface area contributed by atoms with Gasteiger partial charge in [0, 0.05) is 6.54 Å². The Kier molecular flexibility index (Phi) is 8.19. The smallest absolute Gasteiger partial charge is 0.241 e. The molecular formula is C18H26N2O. The molecule has 0 heterocycles. The van der Waals surface area contributed by atoms with Gasteiger partial charge in [-0.1, -0.05) is 69.9 Å². The molecule has 0 aromatic heterocycles. The summed E-state index contributed by atoms with van der Waals surface area (Å²) >= 11 is 0. The zero-order chi connectivity index (χ0) is 15.5. The van der Waals surface area contributed by atoms with Crippen molar-refractivity contribution < 1.29 is 4.79 Å². The van der Waals surface area contributed by atoms with Gasteiger partial charge in [0.25, 0.3) is 0 Å². The molecular weight excluding hydrogens is 260 g/mol. The van der Waals surface area contributed by atoms with Crippen molar-refractivity contribution in [3.8, 4) is 6.07 Å². The minimum Gasteiger partial charge on any atom is -0.355 e. The molecule has 0 aliphatic heterocycles. The van der Waals surface area contributed by atoms with Gasteiger partial charge in [-0.25, -0.2) is 0 Å². The third-order valence-electron chi connectivity index (χ3n) is 3.53. The predicted molar refractivity (Wildman–Crippen MR) is 85.7 cm³/mol. The van der Waals surface area contributed by atoms with Gasteiger partial charge in [-0.3, -0.25) is 4.79 Å². The van der Waals surface area contributed by atoms with Crippen molar-refractivity contribution >= 4 is 5.91 Å². The summed E-state index contributed by atoms with van der Waals surface area (Å²) in [6.07, 6.45) is 5.87. The summed E-state index contributed by atoms with van der Waals surface area (Å²) < 4.78 is 0. The summed E-state index contributed by atoms with van der Waals surface area (Å²) in [4.78, 5) is 12.0. The zero-order valence-corrected chi connectivity index (χ0v) is 13.1. The molecule has 0 bridgehead atoms. The van der Waals surface area contributed by atoms with Gasteiger partial charge in [0.15, 0.2) is 0 Å². The maximum atomic E-state index is 12.0. The van der Waals surface area contributed by atoms with Crippen LogP contribution in [0.4, 0.5) is 0 Å². The molecule has 21 heavy (non-hydrogen) atoms. The number of hydrogen-bond acceptors (Lipinski definition) is 2. The Morgan fingerprint density at radius 1 is 1.14 bits per heavy atom. The first-order valence-corrected chi connectivity index (χ1v) is 7.87. The Morgan fingerprint density at radius 2 is 1.81 bits per heavy atom. The van der Waals surface area contributed by atoms with Crippen molar-refractivity contribution in [2.24, 2.45) is 5.92 Å². The third-order valence-corrected chi connectivity index (χ3v) is 3.53. The van der Waals surface area contributed by atoms with Crippen LogP contribution in [0.2, 0.25) is 0 Å². The number of nitriles is 1. The molecule has 0 saturated carbocycles. The van der Waals surface area contributed by atoms with Crippen LogP contribution in [0.5, 0.6) is 0 Å². The van der Waals surface area contributed by atoms with Crippen LogP contribution in [0, 0.1) is 17.2 Å². The molecule has 1 aromatic rings. The quantitative estimate of drug-likeness (QED) is 0.697. The predicted octanol–water partition coefficient (Wildman–Crippen LogP) is 4.02. The summed E-state index contributed by atoms with van der Waals surface area (Å²) in [6.45, 7) is 5.14. The van der Waals surface area contributed by atoms with Gasteiger partial charge in [0.1, 0.15) is 5.92 Å². The van der Waals surface area contributed by atoms with Crippen LogP contribution in [0.25, 0.3) is 0 Å². The standard InChI is InChI=1S/C18H26N2O/c1-15(2)10-6-3-4-9-13-20-18(21)17(14-19)16-11-7-5-8-12-16/h5,7-8,11-12,15,17H,3-4,6,9-10,13H2,1-2H3,(H,20,21). The van der Waals surface area contributed by atoms with Gasteiger partial charge in [-0.15, -0.1) is 0 Å². The largest absolute Gasteiger partial charge is 0.355 e. The third kappa shape index (κ3) is 6.94. The summed E-state index contributed by atoms with van der Waals surface area (Å²) in [5.74, 6) is -0.120. The number of amides is 1. The van der Waals surface area contributed by atoms with E-state index in [2.05, 4.69) is 25.2 Å². The van der Waals surface area contributed by atoms with E-state index >= 15 is 0 Å². The van der Waals surface area contributed by atoms with E-state index in [4.69, 9.17) is 5.26 Å². The van der Waals surface area contributed by atoms with Crippen LogP contribution in [-0.2, 0) is 4.79 Å². The lowest BCUT2D eigenvalue weighted by Gasteiger charge is -2.10. The normalized spacial score (nSPS) is 11.9. The number of unbranched alkanes of at least 4 members (excludes halogenated alkanes) is 3. The molecule has 3 heteroatoms. The van der Waals surface area contributed by atoms with Gasteiger partial charge < -0.3 is 5.32 Å². The lowest BCUT2D eigenvalue weighted by atomic mass is 10.00. The highest BCUT2D eigenvalue weighted by Crippen LogP contribution is 2.14. The molecule has 1 rings (SSSR count). The fourth-order valence-electron chi connectivity index (χ4n) is 2.27. The van der Waals surface area contributed by atoms with Gasteiger partial charge in [-0.05, 0) is 17.9 Å². The lowest BCUT2D eigenvalue weighted by Crippen LogP contribution is -2.29. The van der Waals surface area contributed by atoms with Crippen molar-refractivity contribution in [1.29, 1.82) is 5.26 Å². The minimum absolute atomic E-state index is 0.189. The van der Waals surface area contributed by atoms with Gasteiger partial charge in [0.05, 0.1) is 6.07 Å². The molecule has 114 valence electrons. The van der Waals surface area contributed by atoms with Gasteiger partial charge in [0.2, 0.25) is 5.91 Å². The second-order valence-corrected chi connectivity index (χ2v) is 5.86. The highest BCUT2D eigenvalue weighted by Gasteiger charge is 2.18. The molecule has 0 aliphatic carbocycles. The Hall–Kier alpha value is -1.82. The Morgan fingerprint density at radius 3 is 2.43 bits per heavy atom. The molecule has 0 saturated heterocycles. The molecule has 0 aliphatic rings. The van der Waals surface area contributed by atoms with Crippen molar-refractivity contribution in [1.82, 2.24) is 5.32 Å². The number of hydrogen-bond donors (Lipinski definition) is 1. The van der Waals surface area contributed by atoms with E-state index in [-0.39, 0.29) is 5.91 Å². The Bertz CT molecular complexity index is 448.